The lowest BCUT2D eigenvalue weighted by Crippen LogP contribution is -2.41. The van der Waals surface area contributed by atoms with E-state index in [4.69, 9.17) is 20.3 Å². The van der Waals surface area contributed by atoms with Gasteiger partial charge in [-0.3, -0.25) is 0 Å². The second-order valence-electron chi connectivity index (χ2n) is 11.4. The first kappa shape index (κ1) is 22.4. The van der Waals surface area contributed by atoms with Crippen molar-refractivity contribution in [2.75, 3.05) is 0 Å². The van der Waals surface area contributed by atoms with E-state index in [-0.39, 0.29) is 52.4 Å². The fourth-order valence-electron chi connectivity index (χ4n) is 4.85. The summed E-state index contributed by atoms with van der Waals surface area (Å²) in [6.45, 7) is 8.00. The molecule has 1 saturated heterocycles. The number of benzene rings is 6. The third kappa shape index (κ3) is 5.85. The Morgan fingerprint density at radius 3 is 1.64 bits per heavy atom. The molecule has 0 spiro atoms. The number of hydrogen-bond acceptors (Lipinski definition) is 5. The van der Waals surface area contributed by atoms with Gasteiger partial charge in [0.2, 0.25) is 0 Å². The Bertz CT molecular complexity index is 2600. The first-order valence-electron chi connectivity index (χ1n) is 17.7. The molecule has 0 aromatic heterocycles. The van der Waals surface area contributed by atoms with E-state index in [1.807, 2.05) is 52.0 Å². The molecule has 0 unspecified atom stereocenters. The van der Waals surface area contributed by atoms with Crippen LogP contribution in [0.5, 0.6) is 5.75 Å². The third-order valence-electron chi connectivity index (χ3n) is 7.95. The Kier molecular flexibility index (Phi) is 5.50. The Balaban J connectivity index is 0.000000182. The monoisotopic (exact) mass is 638 g/mol. The normalized spacial score (nSPS) is 18.7. The van der Waals surface area contributed by atoms with Crippen molar-refractivity contribution in [2.24, 2.45) is 0 Å². The zero-order chi connectivity index (χ0) is 39.2. The van der Waals surface area contributed by atoms with Gasteiger partial charge in [-0.05, 0) is 88.4 Å². The number of rotatable bonds is 3. The van der Waals surface area contributed by atoms with Crippen molar-refractivity contribution in [1.82, 2.24) is 0 Å². The number of fused-ring (bicyclic) bond motifs is 6. The molecule has 6 aromatic carbocycles. The summed E-state index contributed by atoms with van der Waals surface area (Å²) in [7, 11) is -6.38. The summed E-state index contributed by atoms with van der Waals surface area (Å²) in [5.41, 5.74) is -5.66. The zero-order valence-corrected chi connectivity index (χ0v) is 25.3. The summed E-state index contributed by atoms with van der Waals surface area (Å²) in [6, 6.07) is 13.6. The summed E-state index contributed by atoms with van der Waals surface area (Å²) in [5.74, 6) is -0.616. The van der Waals surface area contributed by atoms with Crippen molar-refractivity contribution in [2.45, 2.75) is 44.4 Å². The molecule has 0 radical (unpaired) electrons. The van der Waals surface area contributed by atoms with E-state index in [2.05, 4.69) is 4.18 Å². The predicted octanol–water partition coefficient (Wildman–Crippen LogP) is 8.51. The van der Waals surface area contributed by atoms with Gasteiger partial charge in [-0.15, -0.1) is 0 Å². The van der Waals surface area contributed by atoms with E-state index in [0.717, 1.165) is 28.4 Å². The fourth-order valence-corrected chi connectivity index (χ4v) is 5.30. The lowest BCUT2D eigenvalue weighted by molar-refractivity contribution is -0.0500. The minimum Gasteiger partial charge on any atom is -0.399 e. The summed E-state index contributed by atoms with van der Waals surface area (Å²) < 4.78 is 140. The van der Waals surface area contributed by atoms with Gasteiger partial charge in [-0.25, -0.2) is 0 Å². The van der Waals surface area contributed by atoms with Gasteiger partial charge in [0.25, 0.3) is 0 Å². The van der Waals surface area contributed by atoms with Crippen molar-refractivity contribution < 1.29 is 46.0 Å². The molecule has 0 amide bonds. The minimum atomic E-state index is -5.86. The topological polar surface area (TPSA) is 61.8 Å². The van der Waals surface area contributed by atoms with E-state index < -0.39 is 51.8 Å². The lowest BCUT2D eigenvalue weighted by Gasteiger charge is -2.32. The first-order chi connectivity index (χ1) is 24.5. The molecule has 0 aliphatic carbocycles. The number of alkyl halides is 3. The second-order valence-corrected chi connectivity index (χ2v) is 12.9. The van der Waals surface area contributed by atoms with Gasteiger partial charge in [0, 0.05) is 0 Å². The highest BCUT2D eigenvalue weighted by molar-refractivity contribution is 7.88. The molecule has 0 bridgehead atoms. The summed E-state index contributed by atoms with van der Waals surface area (Å²) in [4.78, 5) is 0. The summed E-state index contributed by atoms with van der Waals surface area (Å²) >= 11 is 0. The van der Waals surface area contributed by atoms with Crippen LogP contribution in [0.2, 0.25) is 0 Å². The van der Waals surface area contributed by atoms with Gasteiger partial charge in [0.15, 0.2) is 0 Å². The van der Waals surface area contributed by atoms with E-state index in [0.29, 0.717) is 16.2 Å². The van der Waals surface area contributed by atoms with Crippen LogP contribution >= 0.6 is 0 Å². The molecule has 10 heteroatoms. The molecule has 0 N–H and O–H groups in total. The molecule has 0 atom stereocenters. The summed E-state index contributed by atoms with van der Waals surface area (Å²) in [5, 5.41) is 3.52. The van der Waals surface area contributed by atoms with Gasteiger partial charge in [-0.2, -0.15) is 21.6 Å². The SMILES string of the molecule is [2H]c1c([2H])c([2H])c2c(ccc3ccc(B4OC(C)(C)C(C)(C)O4)cc32)c1[2H].[2H]c1c([2H])c([2H])c2c(ccc3ccc(OS(=O)(=O)C(F)(F)F)cc32)c1[2H]. The van der Waals surface area contributed by atoms with Crippen LogP contribution < -0.4 is 9.65 Å². The van der Waals surface area contributed by atoms with Crippen LogP contribution in [0.1, 0.15) is 38.7 Å². The molecule has 0 saturated carbocycles. The average Bonchev–Trinajstić information content (AvgIpc) is 3.31. The smallest absolute Gasteiger partial charge is 0.399 e. The molecule has 230 valence electrons. The highest BCUT2D eigenvalue weighted by Crippen LogP contribution is 2.37. The molecule has 1 heterocycles. The number of hydrogen-bond donors (Lipinski definition) is 0. The molecule has 1 aliphatic rings. The molecular weight excluding hydrogens is 600 g/mol. The van der Waals surface area contributed by atoms with Gasteiger partial charge >= 0.3 is 22.7 Å². The van der Waals surface area contributed by atoms with E-state index in [9.17, 15) is 21.6 Å². The third-order valence-corrected chi connectivity index (χ3v) is 8.93. The minimum absolute atomic E-state index is 0.0195. The summed E-state index contributed by atoms with van der Waals surface area (Å²) in [6.07, 6.45) is 0. The van der Waals surface area contributed by atoms with E-state index in [1.165, 1.54) is 18.2 Å². The largest absolute Gasteiger partial charge is 0.534 e. The standard InChI is InChI=1S/C20H21BO2.C15H9F3O3S/c1-19(2)20(3,4)23-21(22-19)16-12-11-15-10-9-14-7-5-6-8-17(14)18(15)13-16;16-15(17,18)22(19,20)21-12-8-7-11-6-5-10-3-1-2-4-13(10)14(11)9-12/h5-13H,1-4H3;1-9H/i5D,6D,7D,8D;1D,2D,3D,4D. The van der Waals surface area contributed by atoms with Crippen molar-refractivity contribution in [1.29, 1.82) is 0 Å². The van der Waals surface area contributed by atoms with Crippen LogP contribution in [0.4, 0.5) is 13.2 Å². The highest BCUT2D eigenvalue weighted by Gasteiger charge is 2.51. The van der Waals surface area contributed by atoms with Crippen LogP contribution in [-0.4, -0.2) is 32.2 Å². The first-order valence-corrected chi connectivity index (χ1v) is 15.1. The van der Waals surface area contributed by atoms with Crippen molar-refractivity contribution >= 4 is 65.8 Å². The van der Waals surface area contributed by atoms with E-state index in [1.54, 1.807) is 6.07 Å². The zero-order valence-electron chi connectivity index (χ0n) is 32.4. The maximum Gasteiger partial charge on any atom is 0.534 e. The van der Waals surface area contributed by atoms with Crippen molar-refractivity contribution in [3.05, 3.63) is 109 Å². The Hall–Kier alpha value is -4.12. The highest BCUT2D eigenvalue weighted by atomic mass is 32.2. The van der Waals surface area contributed by atoms with Crippen molar-refractivity contribution in [3.63, 3.8) is 0 Å². The Morgan fingerprint density at radius 2 is 1.11 bits per heavy atom. The molecule has 7 rings (SSSR count). The number of halogens is 3. The predicted molar refractivity (Wildman–Crippen MR) is 174 cm³/mol. The van der Waals surface area contributed by atoms with Crippen molar-refractivity contribution in [3.8, 4) is 5.75 Å². The maximum absolute atomic E-state index is 12.5. The van der Waals surface area contributed by atoms with Gasteiger partial charge in [-0.1, -0.05) is 96.9 Å². The van der Waals surface area contributed by atoms with Crippen LogP contribution in [0.25, 0.3) is 43.1 Å². The fraction of sp³-hybridized carbons (Fsp3) is 0.200. The van der Waals surface area contributed by atoms with Crippen LogP contribution in [0.15, 0.2) is 109 Å². The quantitative estimate of drug-likeness (QED) is 0.0842. The second kappa shape index (κ2) is 11.0. The molecule has 45 heavy (non-hydrogen) atoms. The Morgan fingerprint density at radius 1 is 0.667 bits per heavy atom. The van der Waals surface area contributed by atoms with Crippen LogP contribution in [-0.2, 0) is 19.4 Å². The van der Waals surface area contributed by atoms with E-state index >= 15 is 0 Å². The van der Waals surface area contributed by atoms with Gasteiger partial charge in [0.05, 0.1) is 22.2 Å². The molecular formula is C35H30BF3O5S. The van der Waals surface area contributed by atoms with Gasteiger partial charge in [0.1, 0.15) is 5.75 Å². The molecule has 5 nitrogen and oxygen atoms in total. The molecule has 6 aromatic rings. The lowest BCUT2D eigenvalue weighted by atomic mass is 9.78. The molecule has 1 fully saturated rings. The van der Waals surface area contributed by atoms with Crippen LogP contribution in [0.3, 0.4) is 0 Å². The van der Waals surface area contributed by atoms with Gasteiger partial charge < -0.3 is 13.5 Å². The van der Waals surface area contributed by atoms with Crippen LogP contribution in [0, 0.1) is 0 Å². The average molecular weight is 639 g/mol. The Labute approximate surface area is 271 Å². The molecule has 1 aliphatic heterocycles. The maximum atomic E-state index is 12.5.